The first-order chi connectivity index (χ1) is 5.15. The van der Waals surface area contributed by atoms with Gasteiger partial charge in [0.1, 0.15) is 5.76 Å². The number of aryl methyl sites for hydroxylation is 1. The number of hydrogen-bond acceptors (Lipinski definition) is 2. The lowest BCUT2D eigenvalue weighted by molar-refractivity contribution is 0.0986. The molecule has 0 fully saturated rings. The zero-order valence-corrected chi connectivity index (χ0v) is 8.64. The second-order valence-corrected chi connectivity index (χ2v) is 3.14. The van der Waals surface area contributed by atoms with Crippen LogP contribution in [-0.4, -0.2) is 5.78 Å². The minimum Gasteiger partial charge on any atom is -0.458 e. The molecule has 11 heavy (non-hydrogen) atoms. The number of rotatable bonds is 2. The quantitative estimate of drug-likeness (QED) is 0.467. The van der Waals surface area contributed by atoms with Crippen LogP contribution in [0.5, 0.6) is 0 Å². The fourth-order valence-corrected chi connectivity index (χ4v) is 1.58. The molecule has 0 atom stereocenters. The molecular weight excluding hydrogens is 255 g/mol. The van der Waals surface area contributed by atoms with E-state index >= 15 is 0 Å². The van der Waals surface area contributed by atoms with Crippen LogP contribution in [0, 0.1) is 6.92 Å². The van der Waals surface area contributed by atoms with Crippen molar-refractivity contribution in [1.82, 2.24) is 0 Å². The molecule has 2 nitrogen and oxygen atoms in total. The summed E-state index contributed by atoms with van der Waals surface area (Å²) < 4.78 is 6.10. The van der Waals surface area contributed by atoms with E-state index in [1.54, 1.807) is 0 Å². The summed E-state index contributed by atoms with van der Waals surface area (Å²) >= 11 is 2.24. The Balaban J connectivity index is 3.05. The molecule has 0 radical (unpaired) electrons. The van der Waals surface area contributed by atoms with Crippen molar-refractivity contribution in [1.29, 1.82) is 0 Å². The van der Waals surface area contributed by atoms with Crippen LogP contribution in [-0.2, 0) is 4.43 Å². The van der Waals surface area contributed by atoms with Gasteiger partial charge in [-0.3, -0.25) is 4.79 Å². The van der Waals surface area contributed by atoms with Crippen molar-refractivity contribution < 1.29 is 9.21 Å². The lowest BCUT2D eigenvalue weighted by Gasteiger charge is -1.85. The summed E-state index contributed by atoms with van der Waals surface area (Å²) in [5.41, 5.74) is 1.11. The Morgan fingerprint density at radius 1 is 1.73 bits per heavy atom. The van der Waals surface area contributed by atoms with Crippen LogP contribution in [0.25, 0.3) is 0 Å². The van der Waals surface area contributed by atoms with E-state index in [1.165, 1.54) is 6.92 Å². The molecule has 1 heterocycles. The Hall–Kier alpha value is -0.320. The maximum Gasteiger partial charge on any atom is 0.194 e. The van der Waals surface area contributed by atoms with Crippen molar-refractivity contribution in [3.63, 3.8) is 0 Å². The molecule has 60 valence electrons. The molecule has 0 N–H and O–H groups in total. The molecule has 0 aliphatic heterocycles. The maximum absolute atomic E-state index is 10.8. The summed E-state index contributed by atoms with van der Waals surface area (Å²) in [7, 11) is 0. The standard InChI is InChI=1S/C8H9IO2/c1-5(10)8-3-7(4-9)6(2)11-8/h3H,4H2,1-2H3. The lowest BCUT2D eigenvalue weighted by atomic mass is 10.2. The van der Waals surface area contributed by atoms with Crippen molar-refractivity contribution in [2.24, 2.45) is 0 Å². The van der Waals surface area contributed by atoms with Crippen molar-refractivity contribution >= 4 is 28.4 Å². The third kappa shape index (κ3) is 1.83. The molecule has 0 aliphatic rings. The molecule has 1 rings (SSSR count). The maximum atomic E-state index is 10.8. The van der Waals surface area contributed by atoms with Gasteiger partial charge in [-0.15, -0.1) is 0 Å². The number of halogens is 1. The fourth-order valence-electron chi connectivity index (χ4n) is 0.826. The Labute approximate surface area is 79.1 Å². The van der Waals surface area contributed by atoms with Crippen molar-refractivity contribution in [3.05, 3.63) is 23.2 Å². The van der Waals surface area contributed by atoms with E-state index in [0.717, 1.165) is 15.8 Å². The van der Waals surface area contributed by atoms with Crippen molar-refractivity contribution in [2.45, 2.75) is 18.3 Å². The number of Topliss-reactive ketones (excluding diaryl/α,β-unsaturated/α-hetero) is 1. The van der Waals surface area contributed by atoms with Gasteiger partial charge in [-0.05, 0) is 13.0 Å². The average molecular weight is 264 g/mol. The van der Waals surface area contributed by atoms with Crippen LogP contribution in [0.15, 0.2) is 10.5 Å². The summed E-state index contributed by atoms with van der Waals surface area (Å²) in [4.78, 5) is 10.8. The number of ketones is 1. The first-order valence-corrected chi connectivity index (χ1v) is 4.84. The topological polar surface area (TPSA) is 30.2 Å². The summed E-state index contributed by atoms with van der Waals surface area (Å²) in [6.45, 7) is 3.38. The van der Waals surface area contributed by atoms with Gasteiger partial charge in [0.15, 0.2) is 11.5 Å². The monoisotopic (exact) mass is 264 g/mol. The first kappa shape index (κ1) is 8.77. The van der Waals surface area contributed by atoms with Gasteiger partial charge in [-0.1, -0.05) is 22.6 Å². The summed E-state index contributed by atoms with van der Waals surface area (Å²) in [6.07, 6.45) is 0. The van der Waals surface area contributed by atoms with Gasteiger partial charge in [-0.2, -0.15) is 0 Å². The highest BCUT2D eigenvalue weighted by atomic mass is 127. The highest BCUT2D eigenvalue weighted by Gasteiger charge is 2.08. The summed E-state index contributed by atoms with van der Waals surface area (Å²) in [6, 6.07) is 1.81. The van der Waals surface area contributed by atoms with E-state index < -0.39 is 0 Å². The SMILES string of the molecule is CC(=O)c1cc(CI)c(C)o1. The van der Waals surface area contributed by atoms with Crippen LogP contribution in [0.3, 0.4) is 0 Å². The number of furan rings is 1. The van der Waals surface area contributed by atoms with E-state index in [1.807, 2.05) is 13.0 Å². The van der Waals surface area contributed by atoms with Gasteiger partial charge in [-0.25, -0.2) is 0 Å². The van der Waals surface area contributed by atoms with Crippen LogP contribution in [0.2, 0.25) is 0 Å². The molecule has 1 aromatic rings. The van der Waals surface area contributed by atoms with Crippen LogP contribution in [0.4, 0.5) is 0 Å². The second-order valence-electron chi connectivity index (χ2n) is 2.38. The number of carbonyl (C=O) groups is 1. The van der Waals surface area contributed by atoms with Gasteiger partial charge in [0.2, 0.25) is 0 Å². The van der Waals surface area contributed by atoms with Crippen molar-refractivity contribution in [2.75, 3.05) is 0 Å². The minimum atomic E-state index is -0.01000. The van der Waals surface area contributed by atoms with E-state index in [2.05, 4.69) is 22.6 Å². The van der Waals surface area contributed by atoms with Crippen molar-refractivity contribution in [3.8, 4) is 0 Å². The molecule has 3 heteroatoms. The van der Waals surface area contributed by atoms with E-state index in [9.17, 15) is 4.79 Å². The molecule has 0 unspecified atom stereocenters. The zero-order valence-electron chi connectivity index (χ0n) is 6.48. The van der Waals surface area contributed by atoms with E-state index in [-0.39, 0.29) is 5.78 Å². The fraction of sp³-hybridized carbons (Fsp3) is 0.375. The van der Waals surface area contributed by atoms with Gasteiger partial charge in [0.25, 0.3) is 0 Å². The molecule has 1 aromatic heterocycles. The third-order valence-electron chi connectivity index (χ3n) is 1.51. The minimum absolute atomic E-state index is 0.01000. The average Bonchev–Trinajstić information content (AvgIpc) is 2.31. The largest absolute Gasteiger partial charge is 0.458 e. The van der Waals surface area contributed by atoms with Gasteiger partial charge >= 0.3 is 0 Å². The van der Waals surface area contributed by atoms with E-state index in [4.69, 9.17) is 4.42 Å². The first-order valence-electron chi connectivity index (χ1n) is 3.31. The number of hydrogen-bond donors (Lipinski definition) is 0. The predicted molar refractivity (Wildman–Crippen MR) is 51.2 cm³/mol. The Bertz CT molecular complexity index is 276. The summed E-state index contributed by atoms with van der Waals surface area (Å²) in [5.74, 6) is 1.31. The Morgan fingerprint density at radius 3 is 2.64 bits per heavy atom. The zero-order chi connectivity index (χ0) is 8.43. The molecular formula is C8H9IO2. The molecule has 0 amide bonds. The van der Waals surface area contributed by atoms with Gasteiger partial charge in [0, 0.05) is 16.9 Å². The van der Waals surface area contributed by atoms with Crippen LogP contribution < -0.4 is 0 Å². The van der Waals surface area contributed by atoms with Crippen LogP contribution >= 0.6 is 22.6 Å². The molecule has 0 saturated heterocycles. The Kier molecular flexibility index (Phi) is 2.70. The highest BCUT2D eigenvalue weighted by Crippen LogP contribution is 2.17. The number of carbonyl (C=O) groups excluding carboxylic acids is 1. The summed E-state index contributed by atoms with van der Waals surface area (Å²) in [5, 5.41) is 0. The number of alkyl halides is 1. The second kappa shape index (κ2) is 3.38. The van der Waals surface area contributed by atoms with E-state index in [0.29, 0.717) is 5.76 Å². The normalized spacial score (nSPS) is 10.1. The smallest absolute Gasteiger partial charge is 0.194 e. The third-order valence-corrected chi connectivity index (χ3v) is 2.33. The lowest BCUT2D eigenvalue weighted by Crippen LogP contribution is -1.86. The Morgan fingerprint density at radius 2 is 2.36 bits per heavy atom. The molecule has 0 bridgehead atoms. The van der Waals surface area contributed by atoms with Crippen LogP contribution in [0.1, 0.15) is 28.8 Å². The predicted octanol–water partition coefficient (Wildman–Crippen LogP) is 2.73. The molecule has 0 aromatic carbocycles. The highest BCUT2D eigenvalue weighted by molar-refractivity contribution is 14.1. The van der Waals surface area contributed by atoms with Gasteiger partial charge in [0.05, 0.1) is 0 Å². The van der Waals surface area contributed by atoms with Gasteiger partial charge < -0.3 is 4.42 Å². The molecule has 0 saturated carbocycles. The molecule has 0 spiro atoms. The molecule has 0 aliphatic carbocycles.